The molecule has 0 unspecified atom stereocenters. The maximum Gasteiger partial charge on any atom is 0.243 e. The molecule has 3 rings (SSSR count). The van der Waals surface area contributed by atoms with Gasteiger partial charge >= 0.3 is 0 Å². The summed E-state index contributed by atoms with van der Waals surface area (Å²) in [6.45, 7) is 6.61. The molecule has 0 radical (unpaired) electrons. The standard InChI is InChI=1S/C20H26N2O3S2/c1-14-6-7-18(13-15(14)2)27(24,25)22-10-8-17(9-11-22)20(23)21-16(3)19-5-4-12-26-19/h4-7,12-13,16-17H,8-11H2,1-3H3,(H,21,23)/t16-/m0/s1. The van der Waals surface area contributed by atoms with E-state index >= 15 is 0 Å². The van der Waals surface area contributed by atoms with Crippen molar-refractivity contribution in [3.8, 4) is 0 Å². The average Bonchev–Trinajstić information content (AvgIpc) is 3.19. The van der Waals surface area contributed by atoms with Gasteiger partial charge < -0.3 is 5.32 Å². The summed E-state index contributed by atoms with van der Waals surface area (Å²) >= 11 is 1.62. The van der Waals surface area contributed by atoms with E-state index in [0.717, 1.165) is 16.0 Å². The summed E-state index contributed by atoms with van der Waals surface area (Å²) in [5.41, 5.74) is 2.04. The van der Waals surface area contributed by atoms with Crippen molar-refractivity contribution in [3.05, 3.63) is 51.7 Å². The zero-order valence-corrected chi connectivity index (χ0v) is 17.6. The fourth-order valence-corrected chi connectivity index (χ4v) is 5.61. The summed E-state index contributed by atoms with van der Waals surface area (Å²) in [6.07, 6.45) is 1.10. The van der Waals surface area contributed by atoms with Gasteiger partial charge in [-0.15, -0.1) is 11.3 Å². The van der Waals surface area contributed by atoms with Crippen molar-refractivity contribution in [2.45, 2.75) is 44.6 Å². The molecule has 1 aromatic carbocycles. The number of nitrogens with one attached hydrogen (secondary N) is 1. The van der Waals surface area contributed by atoms with E-state index in [-0.39, 0.29) is 17.9 Å². The number of rotatable bonds is 5. The molecular formula is C20H26N2O3S2. The smallest absolute Gasteiger partial charge is 0.243 e. The predicted octanol–water partition coefficient (Wildman–Crippen LogP) is 3.64. The fourth-order valence-electron chi connectivity index (χ4n) is 3.32. The zero-order valence-electron chi connectivity index (χ0n) is 15.9. The number of benzene rings is 1. The summed E-state index contributed by atoms with van der Waals surface area (Å²) in [5.74, 6) is -0.127. The van der Waals surface area contributed by atoms with Gasteiger partial charge in [0.15, 0.2) is 0 Å². The van der Waals surface area contributed by atoms with Crippen LogP contribution in [0, 0.1) is 19.8 Å². The molecule has 1 aromatic heterocycles. The van der Waals surface area contributed by atoms with Crippen molar-refractivity contribution in [2.24, 2.45) is 5.92 Å². The first-order valence-electron chi connectivity index (χ1n) is 9.20. The first-order valence-corrected chi connectivity index (χ1v) is 11.5. The number of nitrogens with zero attached hydrogens (tertiary/aromatic N) is 1. The number of sulfonamides is 1. The third-order valence-corrected chi connectivity index (χ3v) is 8.22. The Hall–Kier alpha value is -1.70. The van der Waals surface area contributed by atoms with Crippen LogP contribution in [0.5, 0.6) is 0 Å². The summed E-state index contributed by atoms with van der Waals surface area (Å²) in [5, 5.41) is 5.05. The van der Waals surface area contributed by atoms with E-state index in [0.29, 0.717) is 30.8 Å². The quantitative estimate of drug-likeness (QED) is 0.824. The lowest BCUT2D eigenvalue weighted by atomic mass is 9.97. The summed E-state index contributed by atoms with van der Waals surface area (Å²) in [4.78, 5) is 14.0. The van der Waals surface area contributed by atoms with Crippen molar-refractivity contribution < 1.29 is 13.2 Å². The second-order valence-corrected chi connectivity index (χ2v) is 10.1. The van der Waals surface area contributed by atoms with Crippen LogP contribution in [0.1, 0.15) is 41.8 Å². The molecule has 1 amide bonds. The molecular weight excluding hydrogens is 380 g/mol. The third-order valence-electron chi connectivity index (χ3n) is 5.27. The Labute approximate surface area is 165 Å². The second kappa shape index (κ2) is 8.12. The van der Waals surface area contributed by atoms with Crippen molar-refractivity contribution in [3.63, 3.8) is 0 Å². The van der Waals surface area contributed by atoms with Gasteiger partial charge in [-0.05, 0) is 68.3 Å². The number of carbonyl (C=O) groups is 1. The lowest BCUT2D eigenvalue weighted by Gasteiger charge is -2.31. The average molecular weight is 407 g/mol. The summed E-state index contributed by atoms with van der Waals surface area (Å²) in [7, 11) is -3.51. The van der Waals surface area contributed by atoms with E-state index in [9.17, 15) is 13.2 Å². The number of carbonyl (C=O) groups excluding carboxylic acids is 1. The van der Waals surface area contributed by atoms with Crippen molar-refractivity contribution in [2.75, 3.05) is 13.1 Å². The van der Waals surface area contributed by atoms with Crippen LogP contribution in [0.25, 0.3) is 0 Å². The minimum Gasteiger partial charge on any atom is -0.349 e. The van der Waals surface area contributed by atoms with Crippen LogP contribution in [0.2, 0.25) is 0 Å². The molecule has 5 nitrogen and oxygen atoms in total. The molecule has 2 aromatic rings. The topological polar surface area (TPSA) is 66.5 Å². The maximum atomic E-state index is 12.9. The molecule has 1 fully saturated rings. The second-order valence-electron chi connectivity index (χ2n) is 7.17. The van der Waals surface area contributed by atoms with Crippen LogP contribution >= 0.6 is 11.3 Å². The molecule has 0 spiro atoms. The first kappa shape index (κ1) is 20.0. The molecule has 1 aliphatic heterocycles. The minimum atomic E-state index is -3.51. The predicted molar refractivity (Wildman–Crippen MR) is 108 cm³/mol. The van der Waals surface area contributed by atoms with Gasteiger partial charge in [0, 0.05) is 23.9 Å². The molecule has 7 heteroatoms. The van der Waals surface area contributed by atoms with E-state index in [1.165, 1.54) is 4.31 Å². The molecule has 0 aliphatic carbocycles. The highest BCUT2D eigenvalue weighted by molar-refractivity contribution is 7.89. The van der Waals surface area contributed by atoms with Gasteiger partial charge in [-0.25, -0.2) is 8.42 Å². The maximum absolute atomic E-state index is 12.9. The van der Waals surface area contributed by atoms with Crippen molar-refractivity contribution in [1.29, 1.82) is 0 Å². The van der Waals surface area contributed by atoms with Crippen LogP contribution < -0.4 is 5.32 Å². The molecule has 1 N–H and O–H groups in total. The largest absolute Gasteiger partial charge is 0.349 e. The molecule has 27 heavy (non-hydrogen) atoms. The van der Waals surface area contributed by atoms with Crippen LogP contribution in [0.3, 0.4) is 0 Å². The van der Waals surface area contributed by atoms with E-state index in [2.05, 4.69) is 5.32 Å². The number of aryl methyl sites for hydroxylation is 2. The third kappa shape index (κ3) is 4.42. The lowest BCUT2D eigenvalue weighted by Crippen LogP contribution is -2.43. The first-order chi connectivity index (χ1) is 12.8. The molecule has 1 atom stereocenters. The highest BCUT2D eigenvalue weighted by Crippen LogP contribution is 2.26. The summed E-state index contributed by atoms with van der Waals surface area (Å²) < 4.78 is 27.3. The molecule has 0 saturated carbocycles. The van der Waals surface area contributed by atoms with Crippen LogP contribution in [0.15, 0.2) is 40.6 Å². The molecule has 0 bridgehead atoms. The molecule has 1 aliphatic rings. The SMILES string of the molecule is Cc1ccc(S(=O)(=O)N2CCC(C(=O)N[C@@H](C)c3cccs3)CC2)cc1C. The monoisotopic (exact) mass is 406 g/mol. The highest BCUT2D eigenvalue weighted by atomic mass is 32.2. The van der Waals surface area contributed by atoms with Gasteiger partial charge in [0.1, 0.15) is 0 Å². The molecule has 146 valence electrons. The van der Waals surface area contributed by atoms with Crippen LogP contribution in [-0.4, -0.2) is 31.7 Å². The number of hydrogen-bond acceptors (Lipinski definition) is 4. The van der Waals surface area contributed by atoms with Gasteiger partial charge in [-0.3, -0.25) is 4.79 Å². The Kier molecular flexibility index (Phi) is 6.03. The Morgan fingerprint density at radius 1 is 1.19 bits per heavy atom. The van der Waals surface area contributed by atoms with E-state index < -0.39 is 10.0 Å². The van der Waals surface area contributed by atoms with E-state index in [1.807, 2.05) is 44.4 Å². The number of thiophene rings is 1. The van der Waals surface area contributed by atoms with Gasteiger partial charge in [-0.1, -0.05) is 12.1 Å². The van der Waals surface area contributed by atoms with E-state index in [4.69, 9.17) is 0 Å². The fraction of sp³-hybridized carbons (Fsp3) is 0.450. The Morgan fingerprint density at radius 2 is 1.89 bits per heavy atom. The molecule has 2 heterocycles. The van der Waals surface area contributed by atoms with Crippen LogP contribution in [-0.2, 0) is 14.8 Å². The van der Waals surface area contributed by atoms with Gasteiger partial charge in [0.2, 0.25) is 15.9 Å². The van der Waals surface area contributed by atoms with Crippen molar-refractivity contribution >= 4 is 27.3 Å². The van der Waals surface area contributed by atoms with E-state index in [1.54, 1.807) is 23.5 Å². The normalized spacial score (nSPS) is 17.6. The highest BCUT2D eigenvalue weighted by Gasteiger charge is 2.32. The number of piperidine rings is 1. The Bertz CT molecular complexity index is 899. The Morgan fingerprint density at radius 3 is 2.48 bits per heavy atom. The number of hydrogen-bond donors (Lipinski definition) is 1. The van der Waals surface area contributed by atoms with Crippen molar-refractivity contribution in [1.82, 2.24) is 9.62 Å². The van der Waals surface area contributed by atoms with Gasteiger partial charge in [0.05, 0.1) is 10.9 Å². The number of amides is 1. The van der Waals surface area contributed by atoms with Gasteiger partial charge in [-0.2, -0.15) is 4.31 Å². The summed E-state index contributed by atoms with van der Waals surface area (Å²) in [6, 6.07) is 9.20. The van der Waals surface area contributed by atoms with Gasteiger partial charge in [0.25, 0.3) is 0 Å². The molecule has 1 saturated heterocycles. The zero-order chi connectivity index (χ0) is 19.6. The minimum absolute atomic E-state index is 0.0131. The van der Waals surface area contributed by atoms with Crippen LogP contribution in [0.4, 0.5) is 0 Å². The Balaban J connectivity index is 1.60. The lowest BCUT2D eigenvalue weighted by molar-refractivity contribution is -0.126.